The molecule has 1 aliphatic carbocycles. The molecule has 1 saturated carbocycles. The molecule has 4 N–H and O–H groups in total. The van der Waals surface area contributed by atoms with Crippen LogP contribution in [0.2, 0.25) is 0 Å². The van der Waals surface area contributed by atoms with Gasteiger partial charge in [-0.3, -0.25) is 4.79 Å². The number of carbonyl (C=O) groups excluding carboxylic acids is 1. The van der Waals surface area contributed by atoms with E-state index in [2.05, 4.69) is 17.4 Å². The molecule has 5 heteroatoms. The average Bonchev–Trinajstić information content (AvgIpc) is 2.37. The molecule has 0 unspecified atom stereocenters. The maximum Gasteiger partial charge on any atom is 0.238 e. The first-order valence-corrected chi connectivity index (χ1v) is 7.17. The molecule has 0 heterocycles. The monoisotopic (exact) mass is 289 g/mol. The van der Waals surface area contributed by atoms with Gasteiger partial charge >= 0.3 is 0 Å². The van der Waals surface area contributed by atoms with Gasteiger partial charge in [0.25, 0.3) is 0 Å². The number of benzene rings is 1. The van der Waals surface area contributed by atoms with Crippen LogP contribution in [0.1, 0.15) is 36.5 Å². The largest absolute Gasteiger partial charge is 0.409 e. The van der Waals surface area contributed by atoms with E-state index in [1.165, 1.54) is 0 Å². The molecule has 0 saturated heterocycles. The number of nitrogens with zero attached hydrogens (tertiary/aromatic N) is 1. The third-order valence-electron chi connectivity index (χ3n) is 4.34. The van der Waals surface area contributed by atoms with Crippen molar-refractivity contribution < 1.29 is 10.0 Å². The second-order valence-electron chi connectivity index (χ2n) is 6.31. The Morgan fingerprint density at radius 3 is 2.29 bits per heavy atom. The van der Waals surface area contributed by atoms with Gasteiger partial charge in [-0.25, -0.2) is 0 Å². The number of nitrogens with two attached hydrogens (primary N) is 1. The first-order chi connectivity index (χ1) is 9.80. The number of carbonyl (C=O) groups is 1. The Bertz CT molecular complexity index is 579. The Morgan fingerprint density at radius 2 is 1.86 bits per heavy atom. The molecular weight excluding hydrogens is 266 g/mol. The minimum atomic E-state index is -0.877. The van der Waals surface area contributed by atoms with Crippen molar-refractivity contribution in [2.24, 2.45) is 22.2 Å². The van der Waals surface area contributed by atoms with E-state index < -0.39 is 5.41 Å². The fraction of sp³-hybridized carbons (Fsp3) is 0.500. The third-order valence-corrected chi connectivity index (χ3v) is 4.34. The zero-order chi connectivity index (χ0) is 15.8. The van der Waals surface area contributed by atoms with E-state index in [-0.39, 0.29) is 11.7 Å². The summed E-state index contributed by atoms with van der Waals surface area (Å²) >= 11 is 0. The van der Waals surface area contributed by atoms with Crippen LogP contribution < -0.4 is 11.1 Å². The molecule has 0 radical (unpaired) electrons. The summed E-state index contributed by atoms with van der Waals surface area (Å²) in [5.74, 6) is 0.211. The molecule has 0 spiro atoms. The molecule has 0 bridgehead atoms. The van der Waals surface area contributed by atoms with Crippen LogP contribution in [0.3, 0.4) is 0 Å². The number of anilines is 1. The highest BCUT2D eigenvalue weighted by Crippen LogP contribution is 2.46. The van der Waals surface area contributed by atoms with Gasteiger partial charge in [0.1, 0.15) is 5.41 Å². The second-order valence-corrected chi connectivity index (χ2v) is 6.31. The van der Waals surface area contributed by atoms with Gasteiger partial charge in [0.2, 0.25) is 5.91 Å². The average molecular weight is 289 g/mol. The van der Waals surface area contributed by atoms with E-state index in [0.29, 0.717) is 18.8 Å². The lowest BCUT2D eigenvalue weighted by Crippen LogP contribution is -2.54. The molecule has 1 fully saturated rings. The van der Waals surface area contributed by atoms with Crippen molar-refractivity contribution in [3.05, 3.63) is 28.8 Å². The fourth-order valence-electron chi connectivity index (χ4n) is 3.35. The van der Waals surface area contributed by atoms with Crippen LogP contribution in [0.25, 0.3) is 0 Å². The Kier molecular flexibility index (Phi) is 3.94. The zero-order valence-electron chi connectivity index (χ0n) is 13.0. The SMILES string of the molecule is Cc1cc(C)c(NC(=O)C2(C(N)=NO)CC(C)C2)c(C)c1. The molecule has 0 aliphatic heterocycles. The summed E-state index contributed by atoms with van der Waals surface area (Å²) in [6, 6.07) is 4.06. The number of oxime groups is 1. The number of aryl methyl sites for hydroxylation is 3. The highest BCUT2D eigenvalue weighted by Gasteiger charge is 2.52. The van der Waals surface area contributed by atoms with Crippen LogP contribution in [0, 0.1) is 32.1 Å². The Labute approximate surface area is 125 Å². The van der Waals surface area contributed by atoms with Gasteiger partial charge in [-0.05, 0) is 50.7 Å². The van der Waals surface area contributed by atoms with E-state index in [1.807, 2.05) is 32.9 Å². The summed E-state index contributed by atoms with van der Waals surface area (Å²) in [6.07, 6.45) is 1.22. The molecule has 21 heavy (non-hydrogen) atoms. The molecule has 1 aromatic rings. The van der Waals surface area contributed by atoms with Crippen LogP contribution in [0.4, 0.5) is 5.69 Å². The minimum Gasteiger partial charge on any atom is -0.409 e. The summed E-state index contributed by atoms with van der Waals surface area (Å²) in [6.45, 7) is 8.01. The minimum absolute atomic E-state index is 0.000479. The predicted molar refractivity (Wildman–Crippen MR) is 83.5 cm³/mol. The van der Waals surface area contributed by atoms with Crippen LogP contribution in [-0.4, -0.2) is 17.0 Å². The molecule has 0 atom stereocenters. The van der Waals surface area contributed by atoms with E-state index in [1.54, 1.807) is 0 Å². The predicted octanol–water partition coefficient (Wildman–Crippen LogP) is 2.71. The van der Waals surface area contributed by atoms with Crippen LogP contribution in [0.5, 0.6) is 0 Å². The summed E-state index contributed by atoms with van der Waals surface area (Å²) in [5.41, 5.74) is 8.90. The van der Waals surface area contributed by atoms with E-state index in [9.17, 15) is 4.79 Å². The summed E-state index contributed by atoms with van der Waals surface area (Å²) < 4.78 is 0. The maximum absolute atomic E-state index is 12.7. The second kappa shape index (κ2) is 5.39. The summed E-state index contributed by atoms with van der Waals surface area (Å²) in [7, 11) is 0. The van der Waals surface area contributed by atoms with Gasteiger partial charge in [0.05, 0.1) is 0 Å². The lowest BCUT2D eigenvalue weighted by atomic mass is 9.61. The van der Waals surface area contributed by atoms with Crippen molar-refractivity contribution in [2.45, 2.75) is 40.5 Å². The Balaban J connectivity index is 2.29. The van der Waals surface area contributed by atoms with Crippen molar-refractivity contribution in [3.8, 4) is 0 Å². The van der Waals surface area contributed by atoms with Gasteiger partial charge in [0, 0.05) is 5.69 Å². The number of hydrogen-bond donors (Lipinski definition) is 3. The lowest BCUT2D eigenvalue weighted by Gasteiger charge is -2.43. The number of rotatable bonds is 3. The normalized spacial score (nSPS) is 25.3. The molecule has 1 aliphatic rings. The van der Waals surface area contributed by atoms with E-state index in [4.69, 9.17) is 10.9 Å². The molecule has 2 rings (SSSR count). The zero-order valence-corrected chi connectivity index (χ0v) is 13.0. The standard InChI is InChI=1S/C16H23N3O2/c1-9-5-11(3)13(12(4)6-9)18-15(20)16(14(17)19-21)7-10(2)8-16/h5-6,10,21H,7-8H2,1-4H3,(H2,17,19)(H,18,20). The van der Waals surface area contributed by atoms with Crippen molar-refractivity contribution in [3.63, 3.8) is 0 Å². The topological polar surface area (TPSA) is 87.7 Å². The first-order valence-electron chi connectivity index (χ1n) is 7.17. The molecular formula is C16H23N3O2. The van der Waals surface area contributed by atoms with Crippen LogP contribution >= 0.6 is 0 Å². The summed E-state index contributed by atoms with van der Waals surface area (Å²) in [4.78, 5) is 12.7. The first kappa shape index (κ1) is 15.4. The highest BCUT2D eigenvalue weighted by molar-refractivity contribution is 6.13. The van der Waals surface area contributed by atoms with Crippen molar-refractivity contribution in [1.82, 2.24) is 0 Å². The Hall–Kier alpha value is -2.04. The van der Waals surface area contributed by atoms with Crippen LogP contribution in [-0.2, 0) is 4.79 Å². The smallest absolute Gasteiger partial charge is 0.238 e. The molecule has 5 nitrogen and oxygen atoms in total. The van der Waals surface area contributed by atoms with E-state index in [0.717, 1.165) is 22.4 Å². The van der Waals surface area contributed by atoms with Gasteiger partial charge in [-0.15, -0.1) is 0 Å². The summed E-state index contributed by atoms with van der Waals surface area (Å²) in [5, 5.41) is 15.0. The quantitative estimate of drug-likeness (QED) is 0.346. The van der Waals surface area contributed by atoms with Gasteiger partial charge in [0.15, 0.2) is 5.84 Å². The Morgan fingerprint density at radius 1 is 1.33 bits per heavy atom. The lowest BCUT2D eigenvalue weighted by molar-refractivity contribution is -0.127. The van der Waals surface area contributed by atoms with Crippen molar-refractivity contribution in [1.29, 1.82) is 0 Å². The fourth-order valence-corrected chi connectivity index (χ4v) is 3.35. The van der Waals surface area contributed by atoms with Crippen LogP contribution in [0.15, 0.2) is 17.3 Å². The van der Waals surface area contributed by atoms with Crippen molar-refractivity contribution in [2.75, 3.05) is 5.32 Å². The molecule has 0 aromatic heterocycles. The van der Waals surface area contributed by atoms with Gasteiger partial charge in [-0.1, -0.05) is 29.8 Å². The molecule has 1 amide bonds. The third kappa shape index (κ3) is 2.60. The van der Waals surface area contributed by atoms with Gasteiger partial charge < -0.3 is 16.3 Å². The van der Waals surface area contributed by atoms with Crippen molar-refractivity contribution >= 4 is 17.4 Å². The number of amides is 1. The number of amidine groups is 1. The highest BCUT2D eigenvalue weighted by atomic mass is 16.4. The maximum atomic E-state index is 12.7. The number of nitrogens with one attached hydrogen (secondary N) is 1. The van der Waals surface area contributed by atoms with Gasteiger partial charge in [-0.2, -0.15) is 0 Å². The molecule has 1 aromatic carbocycles. The van der Waals surface area contributed by atoms with E-state index >= 15 is 0 Å². The molecule has 114 valence electrons. The number of hydrogen-bond acceptors (Lipinski definition) is 3.